The van der Waals surface area contributed by atoms with Crippen LogP contribution < -0.4 is 13.6 Å². The monoisotopic (exact) mass is 622 g/mol. The van der Waals surface area contributed by atoms with E-state index in [0.29, 0.717) is 17.2 Å². The first-order valence-corrected chi connectivity index (χ1v) is 16.7. The summed E-state index contributed by atoms with van der Waals surface area (Å²) in [6, 6.07) is 43.5. The Morgan fingerprint density at radius 1 is 0.304 bits per heavy atom. The molecule has 0 aliphatic carbocycles. The molecule has 0 fully saturated rings. The number of benzene rings is 6. The van der Waals surface area contributed by atoms with Crippen molar-refractivity contribution in [3.8, 4) is 50.6 Å². The lowest BCUT2D eigenvalue weighted by molar-refractivity contribution is 0.390. The highest BCUT2D eigenvalue weighted by Gasteiger charge is 2.26. The number of hydrogen-bond donors (Lipinski definition) is 0. The van der Waals surface area contributed by atoms with Gasteiger partial charge in [-0.05, 0) is 110 Å². The number of rotatable bonds is 9. The van der Waals surface area contributed by atoms with Gasteiger partial charge in [0.1, 0.15) is 17.2 Å². The molecule has 46 heavy (non-hydrogen) atoms. The summed E-state index contributed by atoms with van der Waals surface area (Å²) < 4.78 is 20.5. The molecule has 6 aromatic carbocycles. The van der Waals surface area contributed by atoms with Gasteiger partial charge in [-0.3, -0.25) is 0 Å². The van der Waals surface area contributed by atoms with Crippen LogP contribution in [-0.4, -0.2) is 0 Å². The molecule has 0 saturated heterocycles. The van der Waals surface area contributed by atoms with Crippen LogP contribution in [0.15, 0.2) is 127 Å². The van der Waals surface area contributed by atoms with Gasteiger partial charge in [-0.1, -0.05) is 109 Å². The van der Waals surface area contributed by atoms with Crippen molar-refractivity contribution in [3.63, 3.8) is 0 Å². The Bertz CT molecular complexity index is 1720. The second kappa shape index (κ2) is 13.6. The Morgan fingerprint density at radius 3 is 0.804 bits per heavy atom. The molecule has 0 aromatic heterocycles. The number of aryl methyl sites for hydroxylation is 6. The molecule has 0 N–H and O–H groups in total. The van der Waals surface area contributed by atoms with Gasteiger partial charge in [0.05, 0.1) is 0 Å². The van der Waals surface area contributed by atoms with Crippen molar-refractivity contribution < 1.29 is 13.6 Å². The molecule has 6 rings (SSSR count). The predicted octanol–water partition coefficient (Wildman–Crippen LogP) is 12.3. The lowest BCUT2D eigenvalue weighted by Crippen LogP contribution is -2.05. The Morgan fingerprint density at radius 2 is 0.543 bits per heavy atom. The summed E-state index contributed by atoms with van der Waals surface area (Å²) in [6.07, 6.45) is 0. The molecular weight excluding hydrogens is 583 g/mol. The second-order valence-corrected chi connectivity index (χ2v) is 12.8. The SMILES string of the molecule is Cc1cccc(C)c1-c1ccccc1OP(Oc1ccccc1-c1c(C)cccc1C)Oc1ccccc1-c1c(C)cccc1C. The third-order valence-corrected chi connectivity index (χ3v) is 9.47. The van der Waals surface area contributed by atoms with Crippen molar-refractivity contribution >= 4 is 8.60 Å². The number of para-hydroxylation sites is 3. The largest absolute Gasteiger partial charge is 0.530 e. The van der Waals surface area contributed by atoms with Gasteiger partial charge < -0.3 is 13.6 Å². The van der Waals surface area contributed by atoms with Crippen LogP contribution >= 0.6 is 8.60 Å². The van der Waals surface area contributed by atoms with E-state index in [1.807, 2.05) is 54.6 Å². The molecule has 3 nitrogen and oxygen atoms in total. The smallest absolute Gasteiger partial charge is 0.408 e. The lowest BCUT2D eigenvalue weighted by atomic mass is 9.95. The molecule has 0 bridgehead atoms. The zero-order chi connectivity index (χ0) is 32.2. The minimum Gasteiger partial charge on any atom is -0.408 e. The van der Waals surface area contributed by atoms with Crippen LogP contribution in [-0.2, 0) is 0 Å². The summed E-state index contributed by atoms with van der Waals surface area (Å²) in [6.45, 7) is 12.8. The quantitative estimate of drug-likeness (QED) is 0.150. The van der Waals surface area contributed by atoms with Crippen LogP contribution in [0.5, 0.6) is 17.2 Å². The lowest BCUT2D eigenvalue weighted by Gasteiger charge is -2.23. The Balaban J connectivity index is 1.47. The van der Waals surface area contributed by atoms with Crippen molar-refractivity contribution in [2.45, 2.75) is 41.5 Å². The molecule has 0 unspecified atom stereocenters. The highest BCUT2D eigenvalue weighted by molar-refractivity contribution is 7.43. The first kappa shape index (κ1) is 31.1. The average Bonchev–Trinajstić information content (AvgIpc) is 3.03. The van der Waals surface area contributed by atoms with Crippen LogP contribution in [0, 0.1) is 41.5 Å². The van der Waals surface area contributed by atoms with Crippen LogP contribution in [0.4, 0.5) is 0 Å². The zero-order valence-electron chi connectivity index (χ0n) is 27.3. The van der Waals surface area contributed by atoms with Crippen molar-refractivity contribution in [2.24, 2.45) is 0 Å². The van der Waals surface area contributed by atoms with Crippen LogP contribution in [0.3, 0.4) is 0 Å². The fraction of sp³-hybridized carbons (Fsp3) is 0.143. The van der Waals surface area contributed by atoms with Gasteiger partial charge in [-0.15, -0.1) is 0 Å². The van der Waals surface area contributed by atoms with Gasteiger partial charge in [0.2, 0.25) is 0 Å². The molecule has 6 aromatic rings. The maximum Gasteiger partial charge on any atom is 0.530 e. The molecule has 0 aliphatic heterocycles. The molecule has 0 radical (unpaired) electrons. The van der Waals surface area contributed by atoms with Gasteiger partial charge in [-0.2, -0.15) is 0 Å². The second-order valence-electron chi connectivity index (χ2n) is 11.8. The zero-order valence-corrected chi connectivity index (χ0v) is 28.2. The molecule has 0 aliphatic rings. The minimum absolute atomic E-state index is 0.708. The highest BCUT2D eigenvalue weighted by atomic mass is 31.2. The molecular formula is C42H39O3P. The molecule has 230 valence electrons. The molecule has 0 heterocycles. The third-order valence-electron chi connectivity index (χ3n) is 8.43. The van der Waals surface area contributed by atoms with Crippen LogP contribution in [0.1, 0.15) is 33.4 Å². The molecule has 0 atom stereocenters. The van der Waals surface area contributed by atoms with Crippen molar-refractivity contribution in [1.29, 1.82) is 0 Å². The van der Waals surface area contributed by atoms with E-state index in [1.165, 1.54) is 33.4 Å². The topological polar surface area (TPSA) is 27.7 Å². The van der Waals surface area contributed by atoms with Crippen LogP contribution in [0.25, 0.3) is 33.4 Å². The highest BCUT2D eigenvalue weighted by Crippen LogP contribution is 2.50. The predicted molar refractivity (Wildman–Crippen MR) is 193 cm³/mol. The van der Waals surface area contributed by atoms with Crippen LogP contribution in [0.2, 0.25) is 0 Å². The van der Waals surface area contributed by atoms with E-state index >= 15 is 0 Å². The van der Waals surface area contributed by atoms with Gasteiger partial charge in [0, 0.05) is 16.7 Å². The molecule has 0 spiro atoms. The Labute approximate surface area is 274 Å². The Hall–Kier alpha value is -4.85. The fourth-order valence-electron chi connectivity index (χ4n) is 6.27. The van der Waals surface area contributed by atoms with Crippen molar-refractivity contribution in [1.82, 2.24) is 0 Å². The van der Waals surface area contributed by atoms with Gasteiger partial charge in [0.25, 0.3) is 0 Å². The summed E-state index contributed by atoms with van der Waals surface area (Å²) in [7, 11) is -1.97. The van der Waals surface area contributed by atoms with E-state index in [2.05, 4.69) is 114 Å². The fourth-order valence-corrected chi connectivity index (χ4v) is 7.34. The normalized spacial score (nSPS) is 11.0. The molecule has 4 heteroatoms. The summed E-state index contributed by atoms with van der Waals surface area (Å²) >= 11 is 0. The Kier molecular flexibility index (Phi) is 9.24. The minimum atomic E-state index is -1.97. The van der Waals surface area contributed by atoms with Crippen molar-refractivity contribution in [3.05, 3.63) is 161 Å². The summed E-state index contributed by atoms with van der Waals surface area (Å²) in [5.41, 5.74) is 13.6. The van der Waals surface area contributed by atoms with Crippen molar-refractivity contribution in [2.75, 3.05) is 0 Å². The summed E-state index contributed by atoms with van der Waals surface area (Å²) in [4.78, 5) is 0. The number of hydrogen-bond acceptors (Lipinski definition) is 3. The molecule has 0 saturated carbocycles. The van der Waals surface area contributed by atoms with Gasteiger partial charge >= 0.3 is 8.60 Å². The van der Waals surface area contributed by atoms with E-state index in [1.54, 1.807) is 0 Å². The van der Waals surface area contributed by atoms with E-state index in [-0.39, 0.29) is 0 Å². The van der Waals surface area contributed by atoms with E-state index in [0.717, 1.165) is 33.4 Å². The van der Waals surface area contributed by atoms with Gasteiger partial charge in [-0.25, -0.2) is 0 Å². The van der Waals surface area contributed by atoms with Gasteiger partial charge in [0.15, 0.2) is 0 Å². The third kappa shape index (κ3) is 6.43. The van der Waals surface area contributed by atoms with E-state index in [4.69, 9.17) is 13.6 Å². The first-order chi connectivity index (χ1) is 22.3. The summed E-state index contributed by atoms with van der Waals surface area (Å²) in [5, 5.41) is 0. The average molecular weight is 623 g/mol. The maximum absolute atomic E-state index is 6.84. The first-order valence-electron chi connectivity index (χ1n) is 15.6. The molecule has 0 amide bonds. The standard InChI is InChI=1S/C42H39O3P/c1-28-16-13-17-29(2)40(28)34-22-7-10-25-37(34)43-46(44-38-26-11-8-23-35(38)41-30(3)18-14-19-31(41)4)45-39-27-12-9-24-36(39)42-32(5)20-15-21-33(42)6/h7-27H,1-6H3. The van der Waals surface area contributed by atoms with E-state index < -0.39 is 8.60 Å². The maximum atomic E-state index is 6.84. The summed E-state index contributed by atoms with van der Waals surface area (Å²) in [5.74, 6) is 2.13. The van der Waals surface area contributed by atoms with E-state index in [9.17, 15) is 0 Å².